The molecule has 3 rings (SSSR count). The molecule has 0 unspecified atom stereocenters. The van der Waals surface area contributed by atoms with Crippen LogP contribution in [0, 0.1) is 0 Å². The molecule has 3 N–H and O–H groups in total. The van der Waals surface area contributed by atoms with E-state index < -0.39 is 12.9 Å². The van der Waals surface area contributed by atoms with E-state index in [1.807, 2.05) is 0 Å². The Morgan fingerprint density at radius 1 is 0.388 bits per heavy atom. The summed E-state index contributed by atoms with van der Waals surface area (Å²) < 4.78 is 13.7. The number of azide groups is 1. The van der Waals surface area contributed by atoms with Crippen LogP contribution in [0.4, 0.5) is 17.1 Å². The normalized spacial score (nSPS) is 10.5. The van der Waals surface area contributed by atoms with Gasteiger partial charge >= 0.3 is 85.7 Å². The van der Waals surface area contributed by atoms with Crippen molar-refractivity contribution in [2.24, 2.45) is 20.7 Å². The summed E-state index contributed by atoms with van der Waals surface area (Å²) in [6.07, 6.45) is 0. The molecule has 3 aromatic carbocycles. The summed E-state index contributed by atoms with van der Waals surface area (Å²) in [5, 5.41) is 0. The summed E-state index contributed by atoms with van der Waals surface area (Å²) in [6, 6.07) is 31.9. The molecule has 0 saturated carbocycles. The van der Waals surface area contributed by atoms with Crippen LogP contribution >= 0.6 is 0 Å². The first-order chi connectivity index (χ1) is 23.8. The number of hydrogen-bond acceptors (Lipinski definition) is 5. The Morgan fingerprint density at radius 2 is 0.571 bits per heavy atom. The van der Waals surface area contributed by atoms with Crippen LogP contribution in [-0.4, -0.2) is 39.3 Å². The number of benzene rings is 3. The van der Waals surface area contributed by atoms with Gasteiger partial charge in [-0.3, -0.25) is 0 Å². The summed E-state index contributed by atoms with van der Waals surface area (Å²) in [5.41, 5.74) is 45.3. The van der Waals surface area contributed by atoms with Gasteiger partial charge in [0.15, 0.2) is 0 Å². The van der Waals surface area contributed by atoms with Gasteiger partial charge in [-0.1, -0.05) is 54.6 Å². The van der Waals surface area contributed by atoms with E-state index in [4.69, 9.17) is 27.7 Å². The topological polar surface area (TPSA) is 257 Å². The molecule has 3 aromatic rings. The minimum absolute atomic E-state index is 1.17. The van der Waals surface area contributed by atoms with Crippen LogP contribution in [0.5, 0.6) is 0 Å². The zero-order valence-corrected chi connectivity index (χ0v) is 29.9. The molecule has 0 atom stereocenters. The molecule has 0 bridgehead atoms. The van der Waals surface area contributed by atoms with Gasteiger partial charge in [0.25, 0.3) is 0 Å². The van der Waals surface area contributed by atoms with Crippen molar-refractivity contribution in [1.29, 1.82) is 0 Å². The molecular formula is C30H48CuN18. The summed E-state index contributed by atoms with van der Waals surface area (Å²) >= 11 is -4.95. The van der Waals surface area contributed by atoms with Gasteiger partial charge in [-0.25, -0.2) is 0 Å². The number of hydrogen-bond donors (Lipinski definition) is 3. The Kier molecular flexibility index (Phi) is 22.8. The molecule has 18 nitrogen and oxygen atoms in total. The molecule has 0 aliphatic heterocycles. The molecule has 19 heteroatoms. The van der Waals surface area contributed by atoms with Crippen molar-refractivity contribution in [2.75, 3.05) is 39.3 Å². The van der Waals surface area contributed by atoms with Gasteiger partial charge in [0.2, 0.25) is 0 Å². The van der Waals surface area contributed by atoms with E-state index in [1.54, 1.807) is 14.7 Å². The van der Waals surface area contributed by atoms with Crippen LogP contribution in [0.3, 0.4) is 0 Å². The third-order valence-corrected chi connectivity index (χ3v) is 8.89. The Hall–Kier alpha value is -5.39. The summed E-state index contributed by atoms with van der Waals surface area (Å²) in [7, 11) is 0. The summed E-state index contributed by atoms with van der Waals surface area (Å²) in [4.78, 5) is 15.5. The van der Waals surface area contributed by atoms with E-state index in [9.17, 15) is 0 Å². The van der Waals surface area contributed by atoms with Crippen molar-refractivity contribution in [3.63, 3.8) is 0 Å². The van der Waals surface area contributed by atoms with Gasteiger partial charge in [0, 0.05) is 0 Å². The second-order valence-electron chi connectivity index (χ2n) is 9.38. The zero-order chi connectivity index (χ0) is 36.8. The number of rotatable bonds is 14. The maximum absolute atomic E-state index is 8.22. The van der Waals surface area contributed by atoms with Crippen LogP contribution in [0.15, 0.2) is 112 Å². The first-order valence-electron chi connectivity index (χ1n) is 15.5. The second-order valence-corrected chi connectivity index (χ2v) is 12.2. The third-order valence-electron chi connectivity index (χ3n) is 6.78. The molecule has 0 aliphatic rings. The van der Waals surface area contributed by atoms with Crippen LogP contribution in [-0.2, 0) is 12.9 Å². The maximum atomic E-state index is 8.22. The fraction of sp³-hybridized carbons (Fsp3) is 0.400. The van der Waals surface area contributed by atoms with E-state index in [2.05, 4.69) is 178 Å². The fourth-order valence-corrected chi connectivity index (χ4v) is 5.49. The van der Waals surface area contributed by atoms with E-state index in [0.717, 1.165) is 0 Å². The van der Waals surface area contributed by atoms with E-state index in [-0.39, 0.29) is 0 Å². The van der Waals surface area contributed by atoms with Gasteiger partial charge in [0.1, 0.15) is 17.1 Å². The molecule has 0 saturated heterocycles. The van der Waals surface area contributed by atoms with Crippen LogP contribution < -0.4 is 14.7 Å². The molecular weight excluding hydrogens is 676 g/mol. The summed E-state index contributed by atoms with van der Waals surface area (Å²) in [6.45, 7) is 20.3. The fourth-order valence-electron chi connectivity index (χ4n) is 4.36. The Balaban J connectivity index is 0.000000635. The molecule has 0 heterocycles. The van der Waals surface area contributed by atoms with E-state index >= 15 is 0 Å². The van der Waals surface area contributed by atoms with Crippen molar-refractivity contribution in [2.45, 2.75) is 41.5 Å². The van der Waals surface area contributed by atoms with Crippen LogP contribution in [0.2, 0.25) is 0 Å². The van der Waals surface area contributed by atoms with E-state index in [0.29, 0.717) is 0 Å². The predicted molar refractivity (Wildman–Crippen MR) is 190 cm³/mol. The van der Waals surface area contributed by atoms with Crippen molar-refractivity contribution in [3.05, 3.63) is 143 Å². The zero-order valence-electron chi connectivity index (χ0n) is 28.9. The van der Waals surface area contributed by atoms with Crippen molar-refractivity contribution >= 4 is 17.1 Å². The monoisotopic (exact) mass is 723 g/mol. The van der Waals surface area contributed by atoms with E-state index in [1.165, 1.54) is 56.3 Å². The molecule has 49 heavy (non-hydrogen) atoms. The van der Waals surface area contributed by atoms with Gasteiger partial charge in [-0.15, -0.1) is 0 Å². The number of nitrogens with one attached hydrogen (secondary N) is 3. The molecule has 0 aliphatic carbocycles. The standard InChI is InChI=1S/3C10H15N.Cu.5N3/c3*1-3-11(4-2)10-8-6-5-7-9-10;;5*1-3-2/h3*5-9H,3-4H2,1-2H3;;;;;;/q;;;+2;5*-1/p+3. The average molecular weight is 724 g/mol. The third kappa shape index (κ3) is 15.4. The quantitative estimate of drug-likeness (QED) is 0.0630. The van der Waals surface area contributed by atoms with Crippen LogP contribution in [0.1, 0.15) is 41.5 Å². The number of quaternary nitrogens is 3. The van der Waals surface area contributed by atoms with Gasteiger partial charge in [-0.05, 0) is 77.9 Å². The molecule has 0 amide bonds. The first-order valence-corrected chi connectivity index (χ1v) is 17.6. The number of nitrogens with zero attached hydrogens (tertiary/aromatic N) is 15. The SMILES string of the molecule is CC[NH+](CC)c1ccccc1.CC[NH+](CC)c1ccccc1.CC[NH+](CC)c1ccccc1.[N-]=[N+]=[N][Cu-3]([N]=[N+]=[N-])([N]=[N+]=[N-])([N]=[N+]=[N-])[N]=[N+]=[N-]. The first kappa shape index (κ1) is 43.6. The van der Waals surface area contributed by atoms with Crippen molar-refractivity contribution < 1.29 is 27.6 Å². The Morgan fingerprint density at radius 3 is 0.714 bits per heavy atom. The van der Waals surface area contributed by atoms with Crippen molar-refractivity contribution in [1.82, 2.24) is 0 Å². The molecule has 0 radical (unpaired) electrons. The molecule has 0 fully saturated rings. The second kappa shape index (κ2) is 25.7. The van der Waals surface area contributed by atoms with Gasteiger partial charge < -0.3 is 14.7 Å². The molecule has 269 valence electrons. The van der Waals surface area contributed by atoms with Crippen molar-refractivity contribution in [3.8, 4) is 0 Å². The summed E-state index contributed by atoms with van der Waals surface area (Å²) in [5.74, 6) is 0. The van der Waals surface area contributed by atoms with Crippen LogP contribution in [0.25, 0.3) is 52.2 Å². The molecule has 0 spiro atoms. The van der Waals surface area contributed by atoms with Gasteiger partial charge in [-0.2, -0.15) is 0 Å². The minimum atomic E-state index is -4.95. The number of para-hydroxylation sites is 3. The predicted octanol–water partition coefficient (Wildman–Crippen LogP) is 7.53. The molecule has 0 aromatic heterocycles. The Bertz CT molecular complexity index is 1340. The van der Waals surface area contributed by atoms with Gasteiger partial charge in [0.05, 0.1) is 39.3 Å². The Labute approximate surface area is 288 Å². The average Bonchev–Trinajstić information content (AvgIpc) is 3.13.